The van der Waals surface area contributed by atoms with E-state index in [0.29, 0.717) is 5.56 Å². The largest absolute Gasteiger partial charge is 0.506 e. The van der Waals surface area contributed by atoms with Gasteiger partial charge < -0.3 is 15.7 Å². The smallest absolute Gasteiger partial charge is 0.255 e. The third-order valence-corrected chi connectivity index (χ3v) is 7.50. The first-order valence-corrected chi connectivity index (χ1v) is 12.1. The predicted octanol–water partition coefficient (Wildman–Crippen LogP) is 4.80. The molecule has 0 saturated heterocycles. The highest BCUT2D eigenvalue weighted by atomic mass is 35.5. The molecular formula is C24H23ClN2O5S. The molecule has 0 aliphatic rings. The van der Waals surface area contributed by atoms with E-state index in [2.05, 4.69) is 10.6 Å². The van der Waals surface area contributed by atoms with E-state index < -0.39 is 26.9 Å². The van der Waals surface area contributed by atoms with Crippen LogP contribution in [0.4, 0.5) is 11.4 Å². The highest BCUT2D eigenvalue weighted by molar-refractivity contribution is 7.92. The first-order chi connectivity index (χ1) is 15.6. The molecule has 0 spiro atoms. The molecule has 7 nitrogen and oxygen atoms in total. The second kappa shape index (κ2) is 10.1. The van der Waals surface area contributed by atoms with Crippen LogP contribution in [-0.2, 0) is 14.6 Å². The SMILES string of the molecule is CCC(C(=O)Nc1cc(O)c(NC(=O)c2ccccc2)cc1Cl)S(=O)(=O)c1cccc(C)c1. The second-order valence-corrected chi connectivity index (χ2v) is 9.95. The standard InChI is InChI=1S/C24H23ClN2O5S/c1-3-22(33(31,32)17-11-7-8-15(2)12-17)24(30)26-19-14-21(28)20(13-18(19)25)27-23(29)16-9-5-4-6-10-16/h4-14,22,28H,3H2,1-2H3,(H,26,30)(H,27,29). The number of phenolic OH excluding ortho intramolecular Hbond substituents is 1. The van der Waals surface area contributed by atoms with Crippen LogP contribution in [0.2, 0.25) is 5.02 Å². The molecule has 172 valence electrons. The molecule has 1 atom stereocenters. The highest BCUT2D eigenvalue weighted by Gasteiger charge is 2.33. The maximum Gasteiger partial charge on any atom is 0.255 e. The van der Waals surface area contributed by atoms with Crippen LogP contribution in [0.15, 0.2) is 71.6 Å². The summed E-state index contributed by atoms with van der Waals surface area (Å²) in [7, 11) is -3.95. The van der Waals surface area contributed by atoms with Gasteiger partial charge in [0.15, 0.2) is 9.84 Å². The van der Waals surface area contributed by atoms with Crippen LogP contribution in [0.1, 0.15) is 29.3 Å². The van der Waals surface area contributed by atoms with Gasteiger partial charge in [0.2, 0.25) is 5.91 Å². The molecule has 0 radical (unpaired) electrons. The molecule has 9 heteroatoms. The first kappa shape index (κ1) is 24.3. The molecule has 3 aromatic carbocycles. The molecule has 3 N–H and O–H groups in total. The quantitative estimate of drug-likeness (QED) is 0.415. The molecule has 1 unspecified atom stereocenters. The Balaban J connectivity index is 1.81. The van der Waals surface area contributed by atoms with Crippen molar-refractivity contribution in [3.05, 3.63) is 82.9 Å². The third kappa shape index (κ3) is 5.53. The number of carbonyl (C=O) groups is 2. The number of benzene rings is 3. The number of aromatic hydroxyl groups is 1. The average molecular weight is 487 g/mol. The molecule has 3 rings (SSSR count). The minimum atomic E-state index is -3.95. The Kier molecular flexibility index (Phi) is 7.40. The van der Waals surface area contributed by atoms with Crippen molar-refractivity contribution in [2.45, 2.75) is 30.4 Å². The van der Waals surface area contributed by atoms with E-state index in [0.717, 1.165) is 11.6 Å². The van der Waals surface area contributed by atoms with Crippen LogP contribution in [0.3, 0.4) is 0 Å². The first-order valence-electron chi connectivity index (χ1n) is 10.1. The number of halogens is 1. The fraction of sp³-hybridized carbons (Fsp3) is 0.167. The van der Waals surface area contributed by atoms with E-state index in [1.807, 2.05) is 0 Å². The summed E-state index contributed by atoms with van der Waals surface area (Å²) in [6.45, 7) is 3.36. The molecule has 0 aliphatic carbocycles. The molecule has 0 saturated carbocycles. The van der Waals surface area contributed by atoms with Gasteiger partial charge >= 0.3 is 0 Å². The molecule has 33 heavy (non-hydrogen) atoms. The van der Waals surface area contributed by atoms with Gasteiger partial charge in [-0.1, -0.05) is 48.9 Å². The van der Waals surface area contributed by atoms with Crippen LogP contribution >= 0.6 is 11.6 Å². The van der Waals surface area contributed by atoms with Gasteiger partial charge in [-0.05, 0) is 49.2 Å². The summed E-state index contributed by atoms with van der Waals surface area (Å²) in [6.07, 6.45) is 0.0386. The van der Waals surface area contributed by atoms with E-state index in [1.165, 1.54) is 18.2 Å². The fourth-order valence-electron chi connectivity index (χ4n) is 3.26. The molecule has 0 heterocycles. The topological polar surface area (TPSA) is 113 Å². The molecule has 0 aromatic heterocycles. The van der Waals surface area contributed by atoms with E-state index >= 15 is 0 Å². The van der Waals surface area contributed by atoms with Gasteiger partial charge in [0.05, 0.1) is 21.3 Å². The molecule has 2 amide bonds. The number of amides is 2. The number of carbonyl (C=O) groups excluding carboxylic acids is 2. The number of phenols is 1. The second-order valence-electron chi connectivity index (χ2n) is 7.42. The lowest BCUT2D eigenvalue weighted by Crippen LogP contribution is -2.34. The van der Waals surface area contributed by atoms with Crippen LogP contribution in [0.25, 0.3) is 0 Å². The summed E-state index contributed by atoms with van der Waals surface area (Å²) in [6, 6.07) is 17.2. The number of nitrogens with one attached hydrogen (secondary N) is 2. The molecular weight excluding hydrogens is 464 g/mol. The summed E-state index contributed by atoms with van der Waals surface area (Å²) in [5.41, 5.74) is 1.21. The fourth-order valence-corrected chi connectivity index (χ4v) is 5.19. The van der Waals surface area contributed by atoms with Crippen molar-refractivity contribution in [1.29, 1.82) is 0 Å². The van der Waals surface area contributed by atoms with E-state index in [4.69, 9.17) is 11.6 Å². The predicted molar refractivity (Wildman–Crippen MR) is 129 cm³/mol. The highest BCUT2D eigenvalue weighted by Crippen LogP contribution is 2.34. The van der Waals surface area contributed by atoms with Crippen LogP contribution in [-0.4, -0.2) is 30.6 Å². The Labute approximate surface area is 197 Å². The van der Waals surface area contributed by atoms with Crippen molar-refractivity contribution >= 4 is 44.6 Å². The van der Waals surface area contributed by atoms with Crippen molar-refractivity contribution in [3.63, 3.8) is 0 Å². The van der Waals surface area contributed by atoms with Gasteiger partial charge in [-0.15, -0.1) is 0 Å². The Morgan fingerprint density at radius 1 is 0.970 bits per heavy atom. The van der Waals surface area contributed by atoms with Crippen molar-refractivity contribution < 1.29 is 23.1 Å². The maximum absolute atomic E-state index is 13.0. The van der Waals surface area contributed by atoms with Crippen molar-refractivity contribution in [2.24, 2.45) is 0 Å². The van der Waals surface area contributed by atoms with Crippen molar-refractivity contribution in [2.75, 3.05) is 10.6 Å². The Hall–Kier alpha value is -3.36. The van der Waals surface area contributed by atoms with E-state index in [-0.39, 0.29) is 33.5 Å². The minimum absolute atomic E-state index is 0.0207. The average Bonchev–Trinajstić information content (AvgIpc) is 2.78. The van der Waals surface area contributed by atoms with E-state index in [1.54, 1.807) is 56.3 Å². The Morgan fingerprint density at radius 2 is 1.67 bits per heavy atom. The number of hydrogen-bond acceptors (Lipinski definition) is 5. The lowest BCUT2D eigenvalue weighted by molar-refractivity contribution is -0.115. The molecule has 0 fully saturated rings. The molecule has 3 aromatic rings. The lowest BCUT2D eigenvalue weighted by atomic mass is 10.2. The molecule has 0 aliphatic heterocycles. The number of rotatable bonds is 7. The van der Waals surface area contributed by atoms with Crippen LogP contribution in [0, 0.1) is 6.92 Å². The van der Waals surface area contributed by atoms with Gasteiger partial charge in [0.1, 0.15) is 11.0 Å². The summed E-state index contributed by atoms with van der Waals surface area (Å²) in [5.74, 6) is -1.57. The summed E-state index contributed by atoms with van der Waals surface area (Å²) < 4.78 is 26.0. The number of aryl methyl sites for hydroxylation is 1. The molecule has 0 bridgehead atoms. The normalized spacial score (nSPS) is 12.1. The summed E-state index contributed by atoms with van der Waals surface area (Å²) in [5, 5.41) is 14.0. The van der Waals surface area contributed by atoms with Gasteiger partial charge in [0, 0.05) is 11.6 Å². The van der Waals surface area contributed by atoms with Crippen LogP contribution in [0.5, 0.6) is 5.75 Å². The zero-order valence-electron chi connectivity index (χ0n) is 18.0. The number of sulfone groups is 1. The van der Waals surface area contributed by atoms with Gasteiger partial charge in [0.25, 0.3) is 5.91 Å². The van der Waals surface area contributed by atoms with Gasteiger partial charge in [-0.3, -0.25) is 9.59 Å². The van der Waals surface area contributed by atoms with Crippen molar-refractivity contribution in [3.8, 4) is 5.75 Å². The van der Waals surface area contributed by atoms with Gasteiger partial charge in [-0.2, -0.15) is 0 Å². The van der Waals surface area contributed by atoms with E-state index in [9.17, 15) is 23.1 Å². The minimum Gasteiger partial charge on any atom is -0.506 e. The number of anilines is 2. The van der Waals surface area contributed by atoms with Crippen molar-refractivity contribution in [1.82, 2.24) is 0 Å². The maximum atomic E-state index is 13.0. The zero-order valence-corrected chi connectivity index (χ0v) is 19.6. The summed E-state index contributed by atoms with van der Waals surface area (Å²) in [4.78, 5) is 25.2. The Bertz CT molecular complexity index is 1290. The zero-order chi connectivity index (χ0) is 24.2. The summed E-state index contributed by atoms with van der Waals surface area (Å²) >= 11 is 6.25. The Morgan fingerprint density at radius 3 is 2.30 bits per heavy atom. The van der Waals surface area contributed by atoms with Crippen LogP contribution < -0.4 is 10.6 Å². The lowest BCUT2D eigenvalue weighted by Gasteiger charge is -2.18. The number of hydrogen-bond donors (Lipinski definition) is 3. The monoisotopic (exact) mass is 486 g/mol. The van der Waals surface area contributed by atoms with Gasteiger partial charge in [-0.25, -0.2) is 8.42 Å². The third-order valence-electron chi connectivity index (χ3n) is 4.98.